The summed E-state index contributed by atoms with van der Waals surface area (Å²) in [6.07, 6.45) is 4.22. The van der Waals surface area contributed by atoms with Crippen LogP contribution in [-0.2, 0) is 9.59 Å². The molecule has 1 unspecified atom stereocenters. The van der Waals surface area contributed by atoms with Crippen LogP contribution in [0, 0.1) is 6.92 Å². The molecule has 1 fully saturated rings. The summed E-state index contributed by atoms with van der Waals surface area (Å²) in [5.74, 6) is 1.21. The fourth-order valence-electron chi connectivity index (χ4n) is 3.06. The standard InChI is InChI=1S/C20H26N6O2S/c1-15-23-20(25-24-15)29-13-10-21-18(27)14-17-19(28)22-9-12-26(17)11-5-8-16-6-3-2-4-7-16/h2-8,17H,9-14H2,1H3,(H,21,27)(H,22,28)(H,23,24,25)/b8-5+. The summed E-state index contributed by atoms with van der Waals surface area (Å²) >= 11 is 1.47. The van der Waals surface area contributed by atoms with Crippen LogP contribution >= 0.6 is 11.8 Å². The molecule has 2 heterocycles. The third-order valence-corrected chi connectivity index (χ3v) is 5.35. The highest BCUT2D eigenvalue weighted by molar-refractivity contribution is 7.99. The number of carbonyl (C=O) groups excluding carboxylic acids is 2. The van der Waals surface area contributed by atoms with Crippen molar-refractivity contribution in [2.45, 2.75) is 24.5 Å². The number of H-pyrrole nitrogens is 1. The molecular weight excluding hydrogens is 388 g/mol. The molecule has 3 rings (SSSR count). The monoisotopic (exact) mass is 414 g/mol. The minimum Gasteiger partial charge on any atom is -0.355 e. The van der Waals surface area contributed by atoms with E-state index in [0.717, 1.165) is 17.9 Å². The Balaban J connectivity index is 1.44. The Morgan fingerprint density at radius 1 is 1.38 bits per heavy atom. The van der Waals surface area contributed by atoms with Gasteiger partial charge in [0.2, 0.25) is 17.0 Å². The molecule has 1 atom stereocenters. The fraction of sp³-hybridized carbons (Fsp3) is 0.400. The van der Waals surface area contributed by atoms with E-state index in [1.807, 2.05) is 54.3 Å². The molecule has 29 heavy (non-hydrogen) atoms. The molecule has 9 heteroatoms. The van der Waals surface area contributed by atoms with E-state index in [-0.39, 0.29) is 18.2 Å². The normalized spacial score (nSPS) is 17.4. The van der Waals surface area contributed by atoms with E-state index < -0.39 is 6.04 Å². The van der Waals surface area contributed by atoms with Crippen molar-refractivity contribution >= 4 is 29.7 Å². The Hall–Kier alpha value is -2.65. The van der Waals surface area contributed by atoms with E-state index in [0.29, 0.717) is 30.5 Å². The average molecular weight is 415 g/mol. The van der Waals surface area contributed by atoms with E-state index in [2.05, 4.69) is 25.8 Å². The van der Waals surface area contributed by atoms with E-state index in [1.165, 1.54) is 11.8 Å². The van der Waals surface area contributed by atoms with Gasteiger partial charge in [-0.2, -0.15) is 0 Å². The quantitative estimate of drug-likeness (QED) is 0.421. The molecule has 1 aromatic carbocycles. The van der Waals surface area contributed by atoms with E-state index in [9.17, 15) is 9.59 Å². The molecule has 0 spiro atoms. The van der Waals surface area contributed by atoms with Crippen LogP contribution in [-0.4, -0.2) is 69.9 Å². The highest BCUT2D eigenvalue weighted by Gasteiger charge is 2.30. The zero-order valence-electron chi connectivity index (χ0n) is 16.4. The number of hydrogen-bond acceptors (Lipinski definition) is 6. The van der Waals surface area contributed by atoms with E-state index in [4.69, 9.17) is 0 Å². The number of aromatic nitrogens is 3. The summed E-state index contributed by atoms with van der Waals surface area (Å²) in [4.78, 5) is 30.9. The number of hydrogen-bond donors (Lipinski definition) is 3. The van der Waals surface area contributed by atoms with Gasteiger partial charge >= 0.3 is 0 Å². The minimum absolute atomic E-state index is 0.0925. The number of aromatic amines is 1. The molecule has 3 N–H and O–H groups in total. The second-order valence-electron chi connectivity index (χ2n) is 6.72. The Labute approximate surface area is 174 Å². The van der Waals surface area contributed by atoms with Gasteiger partial charge < -0.3 is 10.6 Å². The smallest absolute Gasteiger partial charge is 0.237 e. The maximum Gasteiger partial charge on any atom is 0.237 e. The van der Waals surface area contributed by atoms with E-state index >= 15 is 0 Å². The second kappa shape index (κ2) is 10.8. The Kier molecular flexibility index (Phi) is 7.83. The number of thioether (sulfide) groups is 1. The molecule has 0 saturated carbocycles. The predicted molar refractivity (Wildman–Crippen MR) is 113 cm³/mol. The maximum absolute atomic E-state index is 12.3. The number of nitrogens with zero attached hydrogens (tertiary/aromatic N) is 3. The fourth-order valence-corrected chi connectivity index (χ4v) is 3.76. The average Bonchev–Trinajstić information content (AvgIpc) is 3.14. The lowest BCUT2D eigenvalue weighted by Gasteiger charge is -2.33. The third-order valence-electron chi connectivity index (χ3n) is 4.50. The first-order valence-corrected chi connectivity index (χ1v) is 10.6. The molecule has 0 radical (unpaired) electrons. The summed E-state index contributed by atoms with van der Waals surface area (Å²) in [7, 11) is 0. The lowest BCUT2D eigenvalue weighted by atomic mass is 10.1. The van der Waals surface area contributed by atoms with Crippen molar-refractivity contribution in [3.05, 3.63) is 47.8 Å². The lowest BCUT2D eigenvalue weighted by molar-refractivity contribution is -0.133. The second-order valence-corrected chi connectivity index (χ2v) is 7.78. The molecular formula is C20H26N6O2S. The van der Waals surface area contributed by atoms with Gasteiger partial charge in [-0.1, -0.05) is 54.2 Å². The number of benzene rings is 1. The van der Waals surface area contributed by atoms with Crippen molar-refractivity contribution in [2.24, 2.45) is 0 Å². The summed E-state index contributed by atoms with van der Waals surface area (Å²) in [5.41, 5.74) is 1.11. The maximum atomic E-state index is 12.3. The molecule has 1 aliphatic heterocycles. The van der Waals surface area contributed by atoms with Crippen molar-refractivity contribution in [3.63, 3.8) is 0 Å². The molecule has 2 aromatic rings. The summed E-state index contributed by atoms with van der Waals surface area (Å²) < 4.78 is 0. The summed E-state index contributed by atoms with van der Waals surface area (Å²) in [6, 6.07) is 9.56. The number of amides is 2. The van der Waals surface area contributed by atoms with Crippen molar-refractivity contribution in [1.82, 2.24) is 30.7 Å². The van der Waals surface area contributed by atoms with Crippen LogP contribution in [0.3, 0.4) is 0 Å². The highest BCUT2D eigenvalue weighted by Crippen LogP contribution is 2.12. The van der Waals surface area contributed by atoms with Crippen LogP contribution < -0.4 is 10.6 Å². The van der Waals surface area contributed by atoms with Crippen molar-refractivity contribution < 1.29 is 9.59 Å². The van der Waals surface area contributed by atoms with Crippen LogP contribution in [0.25, 0.3) is 6.08 Å². The lowest BCUT2D eigenvalue weighted by Crippen LogP contribution is -2.56. The first kappa shape index (κ1) is 21.1. The van der Waals surface area contributed by atoms with Gasteiger partial charge in [0.15, 0.2) is 0 Å². The predicted octanol–water partition coefficient (Wildman–Crippen LogP) is 1.23. The number of piperazine rings is 1. The van der Waals surface area contributed by atoms with Crippen LogP contribution in [0.4, 0.5) is 0 Å². The Bertz CT molecular complexity index is 839. The molecule has 154 valence electrons. The largest absolute Gasteiger partial charge is 0.355 e. The van der Waals surface area contributed by atoms with Gasteiger partial charge in [0.1, 0.15) is 5.82 Å². The Morgan fingerprint density at radius 3 is 2.97 bits per heavy atom. The number of nitrogens with one attached hydrogen (secondary N) is 3. The van der Waals surface area contributed by atoms with Gasteiger partial charge in [0.25, 0.3) is 0 Å². The van der Waals surface area contributed by atoms with Crippen molar-refractivity contribution in [3.8, 4) is 0 Å². The van der Waals surface area contributed by atoms with Gasteiger partial charge in [-0.3, -0.25) is 19.6 Å². The molecule has 0 bridgehead atoms. The van der Waals surface area contributed by atoms with Gasteiger partial charge in [-0.15, -0.1) is 5.10 Å². The molecule has 1 aliphatic rings. The van der Waals surface area contributed by atoms with Gasteiger partial charge in [-0.05, 0) is 12.5 Å². The molecule has 8 nitrogen and oxygen atoms in total. The summed E-state index contributed by atoms with van der Waals surface area (Å²) in [5, 5.41) is 13.2. The minimum atomic E-state index is -0.451. The number of carbonyl (C=O) groups is 2. The van der Waals surface area contributed by atoms with Gasteiger partial charge in [-0.25, -0.2) is 4.98 Å². The van der Waals surface area contributed by atoms with Crippen LogP contribution in [0.1, 0.15) is 17.8 Å². The molecule has 2 amide bonds. The summed E-state index contributed by atoms with van der Waals surface area (Å²) in [6.45, 7) is 4.29. The molecule has 0 aliphatic carbocycles. The van der Waals surface area contributed by atoms with Crippen LogP contribution in [0.5, 0.6) is 0 Å². The van der Waals surface area contributed by atoms with Crippen molar-refractivity contribution in [2.75, 3.05) is 31.9 Å². The topological polar surface area (TPSA) is 103 Å². The van der Waals surface area contributed by atoms with Gasteiger partial charge in [0.05, 0.1) is 12.5 Å². The third kappa shape index (κ3) is 6.72. The number of aryl methyl sites for hydroxylation is 1. The van der Waals surface area contributed by atoms with Crippen LogP contribution in [0.2, 0.25) is 0 Å². The Morgan fingerprint density at radius 2 is 2.21 bits per heavy atom. The highest BCUT2D eigenvalue weighted by atomic mass is 32.2. The zero-order chi connectivity index (χ0) is 20.5. The molecule has 1 aromatic heterocycles. The van der Waals surface area contributed by atoms with Crippen LogP contribution in [0.15, 0.2) is 41.6 Å². The van der Waals surface area contributed by atoms with Crippen molar-refractivity contribution in [1.29, 1.82) is 0 Å². The first-order chi connectivity index (χ1) is 14.1. The first-order valence-electron chi connectivity index (χ1n) is 9.63. The van der Waals surface area contributed by atoms with Gasteiger partial charge in [0, 0.05) is 31.9 Å². The number of rotatable bonds is 9. The zero-order valence-corrected chi connectivity index (χ0v) is 17.2. The molecule has 1 saturated heterocycles. The SMILES string of the molecule is Cc1nc(SCCNC(=O)CC2C(=O)NCCN2C/C=C/c2ccccc2)n[nH]1. The van der Waals surface area contributed by atoms with E-state index in [1.54, 1.807) is 0 Å².